The number of nitrogens with zero attached hydrogens (tertiary/aromatic N) is 2. The highest BCUT2D eigenvalue weighted by Gasteiger charge is 2.47. The Labute approximate surface area is 112 Å². The van der Waals surface area contributed by atoms with Crippen LogP contribution in [0.3, 0.4) is 0 Å². The van der Waals surface area contributed by atoms with E-state index in [1.807, 2.05) is 20.8 Å². The number of rotatable bonds is 5. The van der Waals surface area contributed by atoms with Crippen LogP contribution in [0.15, 0.2) is 6.20 Å². The monoisotopic (exact) mass is 268 g/mol. The zero-order chi connectivity index (χ0) is 14.0. The molecule has 1 aromatic rings. The molecule has 5 nitrogen and oxygen atoms in total. The zero-order valence-corrected chi connectivity index (χ0v) is 11.6. The first kappa shape index (κ1) is 14.0. The van der Waals surface area contributed by atoms with Crippen molar-refractivity contribution < 1.29 is 9.50 Å². The largest absolute Gasteiger partial charge is 0.392 e. The summed E-state index contributed by atoms with van der Waals surface area (Å²) in [7, 11) is 0. The Kier molecular flexibility index (Phi) is 3.89. The summed E-state index contributed by atoms with van der Waals surface area (Å²) in [6, 6.07) is 0.0194. The maximum absolute atomic E-state index is 13.7. The van der Waals surface area contributed by atoms with E-state index >= 15 is 0 Å². The van der Waals surface area contributed by atoms with E-state index in [9.17, 15) is 9.50 Å². The second kappa shape index (κ2) is 5.28. The third-order valence-electron chi connectivity index (χ3n) is 3.80. The lowest BCUT2D eigenvalue weighted by atomic mass is 9.64. The molecule has 1 heterocycles. The highest BCUT2D eigenvalue weighted by molar-refractivity contribution is 5.43. The van der Waals surface area contributed by atoms with Gasteiger partial charge < -0.3 is 15.7 Å². The number of aromatic nitrogens is 2. The van der Waals surface area contributed by atoms with E-state index in [2.05, 4.69) is 20.6 Å². The van der Waals surface area contributed by atoms with Crippen LogP contribution < -0.4 is 10.6 Å². The van der Waals surface area contributed by atoms with Crippen LogP contribution in [0.4, 0.5) is 16.2 Å². The fourth-order valence-corrected chi connectivity index (χ4v) is 2.10. The molecule has 1 aliphatic rings. The Morgan fingerprint density at radius 2 is 2.26 bits per heavy atom. The number of hydrogen-bond donors (Lipinski definition) is 3. The molecule has 0 spiro atoms. The third-order valence-corrected chi connectivity index (χ3v) is 3.80. The van der Waals surface area contributed by atoms with E-state index in [0.29, 0.717) is 12.4 Å². The summed E-state index contributed by atoms with van der Waals surface area (Å²) in [5.41, 5.74) is -0.269. The Morgan fingerprint density at radius 1 is 1.53 bits per heavy atom. The minimum Gasteiger partial charge on any atom is -0.392 e. The molecule has 3 N–H and O–H groups in total. The molecule has 106 valence electrons. The molecule has 1 aliphatic carbocycles. The topological polar surface area (TPSA) is 70.1 Å². The Bertz CT molecular complexity index is 452. The summed E-state index contributed by atoms with van der Waals surface area (Å²) in [5.74, 6) is 0.140. The molecule has 0 aromatic carbocycles. The fourth-order valence-electron chi connectivity index (χ4n) is 2.10. The first-order chi connectivity index (χ1) is 8.95. The van der Waals surface area contributed by atoms with Crippen molar-refractivity contribution in [3.05, 3.63) is 12.0 Å². The minimum absolute atomic E-state index is 0.0194. The predicted octanol–water partition coefficient (Wildman–Crippen LogP) is 2.01. The van der Waals surface area contributed by atoms with E-state index in [1.165, 1.54) is 0 Å². The summed E-state index contributed by atoms with van der Waals surface area (Å²) in [6.45, 7) is 6.69. The SMILES string of the molecule is CCCNc1ncc(F)c(NC2CC(O)C2(C)C)n1. The van der Waals surface area contributed by atoms with Crippen LogP contribution in [0.2, 0.25) is 0 Å². The van der Waals surface area contributed by atoms with Crippen LogP contribution in [0, 0.1) is 11.2 Å². The van der Waals surface area contributed by atoms with Gasteiger partial charge in [0.1, 0.15) is 0 Å². The molecule has 6 heteroatoms. The lowest BCUT2D eigenvalue weighted by Crippen LogP contribution is -2.57. The van der Waals surface area contributed by atoms with Gasteiger partial charge in [0.05, 0.1) is 12.3 Å². The van der Waals surface area contributed by atoms with E-state index in [0.717, 1.165) is 19.2 Å². The molecule has 19 heavy (non-hydrogen) atoms. The zero-order valence-electron chi connectivity index (χ0n) is 11.6. The molecule has 2 rings (SSSR count). The number of aliphatic hydroxyl groups is 1. The second-order valence-electron chi connectivity index (χ2n) is 5.59. The molecule has 2 unspecified atom stereocenters. The van der Waals surface area contributed by atoms with Crippen LogP contribution >= 0.6 is 0 Å². The molecule has 0 aliphatic heterocycles. The lowest BCUT2D eigenvalue weighted by molar-refractivity contribution is -0.0512. The second-order valence-corrected chi connectivity index (χ2v) is 5.59. The lowest BCUT2D eigenvalue weighted by Gasteiger charge is -2.49. The smallest absolute Gasteiger partial charge is 0.224 e. The van der Waals surface area contributed by atoms with E-state index in [4.69, 9.17) is 0 Å². The van der Waals surface area contributed by atoms with Crippen molar-refractivity contribution in [3.8, 4) is 0 Å². The highest BCUT2D eigenvalue weighted by atomic mass is 19.1. The molecule has 0 saturated heterocycles. The molecular formula is C13H21FN4O. The van der Waals surface area contributed by atoms with Crippen LogP contribution in [0.25, 0.3) is 0 Å². The molecule has 1 fully saturated rings. The average Bonchev–Trinajstić information content (AvgIpc) is 2.39. The molecule has 2 atom stereocenters. The van der Waals surface area contributed by atoms with Crippen molar-refractivity contribution in [3.63, 3.8) is 0 Å². The first-order valence-electron chi connectivity index (χ1n) is 6.66. The van der Waals surface area contributed by atoms with Crippen molar-refractivity contribution in [1.29, 1.82) is 0 Å². The number of hydrogen-bond acceptors (Lipinski definition) is 5. The van der Waals surface area contributed by atoms with Gasteiger partial charge in [0.15, 0.2) is 11.6 Å². The fraction of sp³-hybridized carbons (Fsp3) is 0.692. The molecule has 1 saturated carbocycles. The maximum Gasteiger partial charge on any atom is 0.224 e. The summed E-state index contributed by atoms with van der Waals surface area (Å²) < 4.78 is 13.7. The number of anilines is 2. The van der Waals surface area contributed by atoms with Gasteiger partial charge in [0.2, 0.25) is 5.95 Å². The van der Waals surface area contributed by atoms with Gasteiger partial charge in [-0.1, -0.05) is 20.8 Å². The van der Waals surface area contributed by atoms with Crippen molar-refractivity contribution >= 4 is 11.8 Å². The van der Waals surface area contributed by atoms with Crippen molar-refractivity contribution in [1.82, 2.24) is 9.97 Å². The quantitative estimate of drug-likeness (QED) is 0.762. The van der Waals surface area contributed by atoms with Crippen molar-refractivity contribution in [2.24, 2.45) is 5.41 Å². The first-order valence-corrected chi connectivity index (χ1v) is 6.66. The van der Waals surface area contributed by atoms with Crippen LogP contribution in [-0.2, 0) is 0 Å². The van der Waals surface area contributed by atoms with Gasteiger partial charge in [-0.15, -0.1) is 0 Å². The Morgan fingerprint density at radius 3 is 2.84 bits per heavy atom. The summed E-state index contributed by atoms with van der Waals surface area (Å²) in [6.07, 6.45) is 2.36. The molecule has 1 aromatic heterocycles. The van der Waals surface area contributed by atoms with Gasteiger partial charge >= 0.3 is 0 Å². The highest BCUT2D eigenvalue weighted by Crippen LogP contribution is 2.42. The average molecular weight is 268 g/mol. The molecular weight excluding hydrogens is 247 g/mol. The normalized spacial score (nSPS) is 24.7. The molecule has 0 amide bonds. The molecule has 0 radical (unpaired) electrons. The summed E-state index contributed by atoms with van der Waals surface area (Å²) in [5, 5.41) is 15.8. The van der Waals surface area contributed by atoms with Gasteiger partial charge in [-0.05, 0) is 12.8 Å². The van der Waals surface area contributed by atoms with E-state index in [1.54, 1.807) is 0 Å². The van der Waals surface area contributed by atoms with Gasteiger partial charge in [0, 0.05) is 18.0 Å². The van der Waals surface area contributed by atoms with Gasteiger partial charge in [-0.3, -0.25) is 0 Å². The van der Waals surface area contributed by atoms with Gasteiger partial charge in [-0.2, -0.15) is 4.98 Å². The Hall–Kier alpha value is -1.43. The van der Waals surface area contributed by atoms with Crippen molar-refractivity contribution in [2.75, 3.05) is 17.2 Å². The maximum atomic E-state index is 13.7. The van der Waals surface area contributed by atoms with Gasteiger partial charge in [0.25, 0.3) is 0 Å². The third kappa shape index (κ3) is 2.78. The Balaban J connectivity index is 2.07. The van der Waals surface area contributed by atoms with Crippen LogP contribution in [0.5, 0.6) is 0 Å². The summed E-state index contributed by atoms with van der Waals surface area (Å²) >= 11 is 0. The molecule has 0 bridgehead atoms. The standard InChI is InChI=1S/C13H21FN4O/c1-4-5-15-12-16-7-8(14)11(18-12)17-9-6-10(19)13(9,2)3/h7,9-10,19H,4-6H2,1-3H3,(H2,15,16,17,18). The number of halogens is 1. The van der Waals surface area contributed by atoms with Crippen LogP contribution in [-0.4, -0.2) is 33.8 Å². The van der Waals surface area contributed by atoms with Gasteiger partial charge in [-0.25, -0.2) is 9.37 Å². The predicted molar refractivity (Wildman–Crippen MR) is 72.6 cm³/mol. The summed E-state index contributed by atoms with van der Waals surface area (Å²) in [4.78, 5) is 8.02. The minimum atomic E-state index is -0.473. The van der Waals surface area contributed by atoms with Crippen molar-refractivity contribution in [2.45, 2.75) is 45.8 Å². The van der Waals surface area contributed by atoms with E-state index < -0.39 is 5.82 Å². The van der Waals surface area contributed by atoms with Crippen LogP contribution in [0.1, 0.15) is 33.6 Å². The number of aliphatic hydroxyl groups excluding tert-OH is 1. The number of nitrogens with one attached hydrogen (secondary N) is 2. The van der Waals surface area contributed by atoms with E-state index in [-0.39, 0.29) is 23.4 Å².